The van der Waals surface area contributed by atoms with Crippen molar-refractivity contribution in [3.63, 3.8) is 0 Å². The summed E-state index contributed by atoms with van der Waals surface area (Å²) in [7, 11) is 0. The van der Waals surface area contributed by atoms with Gasteiger partial charge in [-0.3, -0.25) is 0 Å². The van der Waals surface area contributed by atoms with Gasteiger partial charge in [0, 0.05) is 0 Å². The molecule has 0 aromatic heterocycles. The van der Waals surface area contributed by atoms with Gasteiger partial charge in [0.2, 0.25) is 0 Å². The first-order chi connectivity index (χ1) is 6.62. The van der Waals surface area contributed by atoms with Crippen molar-refractivity contribution < 1.29 is 56.1 Å². The second-order valence-electron chi connectivity index (χ2n) is 2.44. The molecule has 0 aliphatic carbocycles. The molecule has 0 aliphatic rings. The molecule has 0 aliphatic heterocycles. The maximum Gasteiger partial charge on any atom is 4.00 e. The van der Waals surface area contributed by atoms with Crippen molar-refractivity contribution in [3.8, 4) is 0 Å². The molecule has 7 heteroatoms. The summed E-state index contributed by atoms with van der Waals surface area (Å²) in [6, 6.07) is 0. The maximum atomic E-state index is 10.2. The zero-order chi connectivity index (χ0) is 11.4. The maximum absolute atomic E-state index is 10.2. The summed E-state index contributed by atoms with van der Waals surface area (Å²) in [6.45, 7) is 8.56. The first kappa shape index (κ1) is 30.3. The van der Waals surface area contributed by atoms with Crippen LogP contribution in [-0.4, -0.2) is 24.9 Å². The monoisotopic (exact) mass is 318 g/mol. The summed E-state index contributed by atoms with van der Waals surface area (Å²) in [5, 5.41) is 7.21. The van der Waals surface area contributed by atoms with Gasteiger partial charge in [-0.2, -0.15) is 0 Å². The summed E-state index contributed by atoms with van der Waals surface area (Å²) in [4.78, 5) is 20.5. The van der Waals surface area contributed by atoms with Gasteiger partial charge in [0.15, 0.2) is 0 Å². The smallest absolute Gasteiger partial charge is 1.00 e. The molecule has 0 aromatic carbocycles. The van der Waals surface area contributed by atoms with Crippen molar-refractivity contribution in [2.45, 2.75) is 40.5 Å². The van der Waals surface area contributed by atoms with Crippen LogP contribution in [0.5, 0.6) is 0 Å². The van der Waals surface area contributed by atoms with Crippen molar-refractivity contribution in [1.82, 2.24) is 0 Å². The Bertz CT molecular complexity index is 154. The topological polar surface area (TPSA) is 62.3 Å². The predicted molar refractivity (Wildman–Crippen MR) is 58.4 cm³/mol. The van der Waals surface area contributed by atoms with Crippen LogP contribution in [-0.2, 0) is 31.3 Å². The zero-order valence-electron chi connectivity index (χ0n) is 10.8. The normalized spacial score (nSPS) is 6.82. The van der Waals surface area contributed by atoms with E-state index in [2.05, 4.69) is 10.6 Å². The van der Waals surface area contributed by atoms with E-state index in [0.717, 1.165) is 0 Å². The minimum Gasteiger partial charge on any atom is -1.00 e. The molecule has 0 bridgehead atoms. The van der Waals surface area contributed by atoms with Crippen LogP contribution in [0.15, 0.2) is 0 Å². The SMILES string of the molecule is CC[N-]C(=O)CC.CC[N-]C(=O)CC.[Cl-].[Cl-].[Ti+4]. The third-order valence-corrected chi connectivity index (χ3v) is 1.27. The van der Waals surface area contributed by atoms with Crippen molar-refractivity contribution in [2.75, 3.05) is 13.1 Å². The van der Waals surface area contributed by atoms with Crippen molar-refractivity contribution in [3.05, 3.63) is 10.6 Å². The fraction of sp³-hybridized carbons (Fsp3) is 0.800. The van der Waals surface area contributed by atoms with Crippen LogP contribution in [0, 0.1) is 0 Å². The fourth-order valence-electron chi connectivity index (χ4n) is 0.576. The van der Waals surface area contributed by atoms with Crippen LogP contribution < -0.4 is 24.8 Å². The Balaban J connectivity index is -0.0000000480. The van der Waals surface area contributed by atoms with Crippen molar-refractivity contribution >= 4 is 11.8 Å². The van der Waals surface area contributed by atoms with E-state index in [0.29, 0.717) is 25.9 Å². The largest absolute Gasteiger partial charge is 4.00 e. The van der Waals surface area contributed by atoms with Crippen LogP contribution in [0.4, 0.5) is 0 Å². The van der Waals surface area contributed by atoms with E-state index in [1.54, 1.807) is 0 Å². The number of nitrogens with zero attached hydrogens (tertiary/aromatic N) is 2. The summed E-state index contributed by atoms with van der Waals surface area (Å²) in [5.74, 6) is 0.00463. The van der Waals surface area contributed by atoms with Crippen LogP contribution in [0.1, 0.15) is 40.5 Å². The molecule has 0 saturated carbocycles. The Kier molecular flexibility index (Phi) is 44.9. The Morgan fingerprint density at radius 2 is 1.00 bits per heavy atom. The van der Waals surface area contributed by atoms with E-state index in [9.17, 15) is 9.59 Å². The summed E-state index contributed by atoms with van der Waals surface area (Å²) in [5.41, 5.74) is 0. The first-order valence-corrected chi connectivity index (χ1v) is 5.02. The fourth-order valence-corrected chi connectivity index (χ4v) is 0.576. The third kappa shape index (κ3) is 31.4. The van der Waals surface area contributed by atoms with Crippen LogP contribution >= 0.6 is 0 Å². The quantitative estimate of drug-likeness (QED) is 0.508. The number of amides is 2. The van der Waals surface area contributed by atoms with Crippen LogP contribution in [0.2, 0.25) is 0 Å². The van der Waals surface area contributed by atoms with E-state index >= 15 is 0 Å². The molecule has 0 atom stereocenters. The number of rotatable bonds is 4. The molecule has 100 valence electrons. The van der Waals surface area contributed by atoms with E-state index in [4.69, 9.17) is 0 Å². The Hall–Kier alpha value is 0.234. The molecule has 0 radical (unpaired) electrons. The van der Waals surface area contributed by atoms with Gasteiger partial charge in [-0.25, -0.2) is 0 Å². The Morgan fingerprint density at radius 3 is 1.06 bits per heavy atom. The number of carbonyl (C=O) groups excluding carboxylic acids is 2. The average Bonchev–Trinajstić information content (AvgIpc) is 2.19. The first-order valence-electron chi connectivity index (χ1n) is 5.02. The van der Waals surface area contributed by atoms with Gasteiger partial charge in [0.05, 0.1) is 11.8 Å². The number of carbonyl (C=O) groups is 2. The van der Waals surface area contributed by atoms with Gasteiger partial charge in [-0.05, 0) is 12.8 Å². The molecule has 0 unspecified atom stereocenters. The summed E-state index contributed by atoms with van der Waals surface area (Å²) >= 11 is 0. The van der Waals surface area contributed by atoms with Crippen LogP contribution in [0.3, 0.4) is 0 Å². The molecule has 0 fully saturated rings. The number of hydrogen-bond acceptors (Lipinski definition) is 2. The van der Waals surface area contributed by atoms with Crippen molar-refractivity contribution in [1.29, 1.82) is 0 Å². The molecule has 0 rings (SSSR count). The van der Waals surface area contributed by atoms with Crippen molar-refractivity contribution in [2.24, 2.45) is 0 Å². The third-order valence-electron chi connectivity index (χ3n) is 1.27. The molecular weight excluding hydrogens is 299 g/mol. The number of halogens is 2. The van der Waals surface area contributed by atoms with Gasteiger partial charge in [-0.15, -0.1) is 13.1 Å². The van der Waals surface area contributed by atoms with Gasteiger partial charge < -0.3 is 45.0 Å². The molecule has 4 nitrogen and oxygen atoms in total. The molecule has 17 heavy (non-hydrogen) atoms. The summed E-state index contributed by atoms with van der Waals surface area (Å²) < 4.78 is 0. The molecule has 0 N–H and O–H groups in total. The second-order valence-corrected chi connectivity index (χ2v) is 2.44. The molecule has 0 spiro atoms. The predicted octanol–water partition coefficient (Wildman–Crippen LogP) is -3.36. The zero-order valence-corrected chi connectivity index (χ0v) is 13.9. The molecule has 0 aromatic rings. The van der Waals surface area contributed by atoms with E-state index in [1.165, 1.54) is 0 Å². The van der Waals surface area contributed by atoms with Gasteiger partial charge in [0.1, 0.15) is 0 Å². The van der Waals surface area contributed by atoms with E-state index in [-0.39, 0.29) is 58.3 Å². The molecule has 0 saturated heterocycles. The second kappa shape index (κ2) is 25.2. The minimum absolute atomic E-state index is 0. The van der Waals surface area contributed by atoms with E-state index in [1.807, 2.05) is 27.7 Å². The van der Waals surface area contributed by atoms with E-state index < -0.39 is 0 Å². The number of hydrogen-bond donors (Lipinski definition) is 0. The van der Waals surface area contributed by atoms with Gasteiger partial charge in [0.25, 0.3) is 0 Å². The van der Waals surface area contributed by atoms with Gasteiger partial charge >= 0.3 is 21.7 Å². The Labute approximate surface area is 132 Å². The summed E-state index contributed by atoms with van der Waals surface area (Å²) in [6.07, 6.45) is 1.07. The molecule has 0 heterocycles. The van der Waals surface area contributed by atoms with Gasteiger partial charge in [-0.1, -0.05) is 27.7 Å². The standard InChI is InChI=1S/2C5H11NO.2ClH.Ti/c2*1-3-5(7)6-4-2;;;/h2*3-4H2,1-2H3,(H,6,7);2*1H;/q;;;;+4/p-4. The van der Waals surface area contributed by atoms with Crippen LogP contribution in [0.25, 0.3) is 10.6 Å². The average molecular weight is 319 g/mol. The molecular formula is C10H20Cl2N2O2Ti. The minimum atomic E-state index is 0. The molecule has 2 amide bonds. The Morgan fingerprint density at radius 1 is 0.765 bits per heavy atom.